The van der Waals surface area contributed by atoms with E-state index in [1.54, 1.807) is 85.1 Å². The summed E-state index contributed by atoms with van der Waals surface area (Å²) in [6, 6.07) is 7.71. The number of aliphatic carboxylic acids is 1. The van der Waals surface area contributed by atoms with E-state index in [1.165, 1.54) is 24.3 Å². The zero-order valence-corrected chi connectivity index (χ0v) is 63.0. The number of aliphatic hydroxyl groups is 3. The van der Waals surface area contributed by atoms with Crippen molar-refractivity contribution in [3.8, 4) is 5.75 Å². The van der Waals surface area contributed by atoms with E-state index in [0.717, 1.165) is 41.0 Å². The SMILES string of the molecule is CC(C)NCc1ccc(C[C@@H]2NC(=O)[C@@H](Cc3c[nH]c4ccccc34)NC(=O)[C@H](Cc3ccccc3)NC(=O)[C@@H]3CCC(=O)NCC[C@H](NC(=O)[C@@H]([C@@H](C)O)NC2=O)C(=O)N[C@@H]([C@@H](C)O)C(=O)N[C@@H](CO)C(=O)N[C@H](C(=O)O)CSSC[C@H](NC(=O)[C@@H](N)Cc2ccc(O)cc2)C(=O)N[C@@H](CCCCN)C(=O)N3)cc1. The van der Waals surface area contributed by atoms with E-state index >= 15 is 24.0 Å². The van der Waals surface area contributed by atoms with Crippen LogP contribution in [0.3, 0.4) is 0 Å². The maximum absolute atomic E-state index is 15.4. The maximum Gasteiger partial charge on any atom is 0.327 e. The van der Waals surface area contributed by atoms with Crippen LogP contribution in [0.5, 0.6) is 5.75 Å². The van der Waals surface area contributed by atoms with Crippen molar-refractivity contribution in [3.05, 3.63) is 137 Å². The van der Waals surface area contributed by atoms with E-state index in [9.17, 15) is 63.9 Å². The fraction of sp³-hybridized carbons (Fsp3) is 0.473. The third-order valence-electron chi connectivity index (χ3n) is 18.2. The molecule has 12 amide bonds. The molecule has 1 aromatic heterocycles. The number of carboxylic acid groups (broad SMARTS) is 1. The molecule has 2 aliphatic rings. The zero-order chi connectivity index (χ0) is 80.1. The van der Waals surface area contributed by atoms with Crippen molar-refractivity contribution in [3.63, 3.8) is 0 Å². The normalized spacial score (nSPS) is 24.3. The van der Waals surface area contributed by atoms with Crippen LogP contribution in [0.4, 0.5) is 0 Å². The predicted molar refractivity (Wildman–Crippen MR) is 408 cm³/mol. The van der Waals surface area contributed by atoms with Gasteiger partial charge in [0.1, 0.15) is 72.2 Å². The topological polar surface area (TPSA) is 547 Å². The van der Waals surface area contributed by atoms with Gasteiger partial charge in [0.05, 0.1) is 24.9 Å². The summed E-state index contributed by atoms with van der Waals surface area (Å²) in [5.74, 6) is -15.4. The molecule has 5 aromatic rings. The summed E-state index contributed by atoms with van der Waals surface area (Å²) < 4.78 is 0. The third kappa shape index (κ3) is 27.1. The first-order chi connectivity index (χ1) is 52.5. The molecule has 36 heteroatoms. The highest BCUT2D eigenvalue weighted by atomic mass is 33.1. The quantitative estimate of drug-likeness (QED) is 0.0257. The van der Waals surface area contributed by atoms with Crippen LogP contribution < -0.4 is 80.6 Å². The summed E-state index contributed by atoms with van der Waals surface area (Å²) in [4.78, 5) is 193. The number of aromatic hydroxyl groups is 1. The van der Waals surface area contributed by atoms with Gasteiger partial charge in [0, 0.05) is 73.4 Å². The number of phenolic OH excluding ortho intramolecular Hbond substituents is 1. The highest BCUT2D eigenvalue weighted by Crippen LogP contribution is 2.25. The van der Waals surface area contributed by atoms with E-state index in [1.807, 2.05) is 13.8 Å². The number of benzene rings is 4. The largest absolute Gasteiger partial charge is 0.508 e. The van der Waals surface area contributed by atoms with Crippen molar-refractivity contribution in [2.45, 2.75) is 189 Å². The van der Waals surface area contributed by atoms with Gasteiger partial charge in [-0.05, 0) is 105 Å². The molecular formula is C74H100N16O18S2. The van der Waals surface area contributed by atoms with Gasteiger partial charge in [-0.25, -0.2) is 4.79 Å². The number of hydrogen-bond donors (Lipinski definition) is 21. The van der Waals surface area contributed by atoms with Gasteiger partial charge in [-0.2, -0.15) is 0 Å². The molecule has 2 saturated heterocycles. The van der Waals surface area contributed by atoms with E-state index in [-0.39, 0.29) is 62.6 Å². The number of unbranched alkanes of at least 4 members (excludes halogenated alkanes) is 1. The van der Waals surface area contributed by atoms with Crippen LogP contribution in [-0.2, 0) is 94.6 Å². The maximum atomic E-state index is 15.4. The monoisotopic (exact) mass is 1560 g/mol. The number of aromatic nitrogens is 1. The second-order valence-electron chi connectivity index (χ2n) is 27.3. The summed E-state index contributed by atoms with van der Waals surface area (Å²) in [5, 5.41) is 87.6. The van der Waals surface area contributed by atoms with Crippen LogP contribution in [0, 0.1) is 0 Å². The molecule has 23 N–H and O–H groups in total. The smallest absolute Gasteiger partial charge is 0.327 e. The summed E-state index contributed by atoms with van der Waals surface area (Å²) in [6.07, 6.45) is -4.34. The first-order valence-electron chi connectivity index (χ1n) is 36.2. The van der Waals surface area contributed by atoms with Crippen LogP contribution in [-0.4, -0.2) is 229 Å². The van der Waals surface area contributed by atoms with Crippen molar-refractivity contribution in [1.82, 2.24) is 74.1 Å². The van der Waals surface area contributed by atoms with E-state index in [2.05, 4.69) is 74.1 Å². The number of nitrogens with two attached hydrogens (primary N) is 2. The fourth-order valence-electron chi connectivity index (χ4n) is 11.9. The van der Waals surface area contributed by atoms with Crippen molar-refractivity contribution < 1.29 is 87.9 Å². The number of rotatable bonds is 21. The lowest BCUT2D eigenvalue weighted by Crippen LogP contribution is -2.63. The molecule has 3 heterocycles. The summed E-state index contributed by atoms with van der Waals surface area (Å²) in [7, 11) is 1.61. The molecule has 110 heavy (non-hydrogen) atoms. The van der Waals surface area contributed by atoms with Crippen molar-refractivity contribution >= 4 is 109 Å². The molecular weight excluding hydrogens is 1470 g/mol. The third-order valence-corrected chi connectivity index (χ3v) is 20.6. The molecule has 0 unspecified atom stereocenters. The minimum absolute atomic E-state index is 0.0633. The van der Waals surface area contributed by atoms with Crippen molar-refractivity contribution in [1.29, 1.82) is 0 Å². The Labute approximate surface area is 643 Å². The lowest BCUT2D eigenvalue weighted by molar-refractivity contribution is -0.142. The number of carbonyl (C=O) groups excluding carboxylic acids is 12. The van der Waals surface area contributed by atoms with Gasteiger partial charge < -0.3 is 111 Å². The molecule has 0 aliphatic carbocycles. The molecule has 4 aromatic carbocycles. The van der Waals surface area contributed by atoms with Crippen LogP contribution in [0.15, 0.2) is 109 Å². The number of para-hydroxylation sites is 1. The van der Waals surface area contributed by atoms with E-state index in [4.69, 9.17) is 11.5 Å². The van der Waals surface area contributed by atoms with Crippen LogP contribution in [0.25, 0.3) is 10.9 Å². The summed E-state index contributed by atoms with van der Waals surface area (Å²) in [5.41, 5.74) is 15.8. The minimum atomic E-state index is -2.03. The number of hydrogen-bond acceptors (Lipinski definition) is 22. The molecule has 2 bridgehead atoms. The van der Waals surface area contributed by atoms with Crippen molar-refractivity contribution in [2.75, 3.05) is 31.2 Å². The highest BCUT2D eigenvalue weighted by Gasteiger charge is 2.40. The number of carbonyl (C=O) groups is 13. The van der Waals surface area contributed by atoms with Crippen molar-refractivity contribution in [2.24, 2.45) is 11.5 Å². The average molecular weight is 1570 g/mol. The number of H-pyrrole nitrogens is 1. The number of aliphatic hydroxyl groups excluding tert-OH is 3. The number of aromatic amines is 1. The molecule has 2 fully saturated rings. The Bertz CT molecular complexity index is 3990. The Balaban J connectivity index is 1.36. The predicted octanol–water partition coefficient (Wildman–Crippen LogP) is -3.04. The molecule has 7 rings (SSSR count). The van der Waals surface area contributed by atoms with E-state index < -0.39 is 200 Å². The number of amides is 12. The van der Waals surface area contributed by atoms with Crippen LogP contribution in [0.1, 0.15) is 94.0 Å². The van der Waals surface area contributed by atoms with Gasteiger partial charge in [0.25, 0.3) is 0 Å². The highest BCUT2D eigenvalue weighted by molar-refractivity contribution is 8.76. The Hall–Kier alpha value is -10.2. The molecule has 0 radical (unpaired) electrons. The van der Waals surface area contributed by atoms with E-state index in [0.29, 0.717) is 46.1 Å². The Morgan fingerprint density at radius 3 is 1.68 bits per heavy atom. The molecule has 596 valence electrons. The van der Waals surface area contributed by atoms with Gasteiger partial charge in [-0.1, -0.05) is 120 Å². The van der Waals surface area contributed by atoms with Crippen LogP contribution in [0.2, 0.25) is 0 Å². The number of phenols is 1. The van der Waals surface area contributed by atoms with Gasteiger partial charge in [0.15, 0.2) is 0 Å². The fourth-order valence-corrected chi connectivity index (χ4v) is 14.2. The molecule has 14 atom stereocenters. The average Bonchev–Trinajstić information content (AvgIpc) is 1.27. The number of fused-ring (bicyclic) bond motifs is 8. The van der Waals surface area contributed by atoms with Gasteiger partial charge >= 0.3 is 5.97 Å². The molecule has 34 nitrogen and oxygen atoms in total. The summed E-state index contributed by atoms with van der Waals surface area (Å²) >= 11 is 0. The molecule has 0 saturated carbocycles. The van der Waals surface area contributed by atoms with Gasteiger partial charge in [0.2, 0.25) is 70.9 Å². The summed E-state index contributed by atoms with van der Waals surface area (Å²) in [6.45, 7) is 5.03. The Kier molecular flexibility index (Phi) is 34.2. The Morgan fingerprint density at radius 1 is 0.545 bits per heavy atom. The number of carboxylic acids is 1. The lowest BCUT2D eigenvalue weighted by atomic mass is 9.99. The zero-order valence-electron chi connectivity index (χ0n) is 61.4. The molecule has 0 spiro atoms. The standard InChI is InChI=1S/C74H100N16O18S2/c1-39(2)78-34-45-19-17-44(18-20-45)32-55-69(102)90-61(40(3)92)72(105)82-53-27-29-77-60(95)26-25-52(65(98)83-54(31-42-12-6-5-7-13-42)67(100)85-56(68(101)84-55)33-46-35-79-50-15-9-8-14-48(46)50)81-64(97)51(16-10-11-28-75)80-71(104)58(87-63(96)49(76)30-43-21-23-47(94)24-22-43)37-109-110-38-59(74(107)108)88-70(103)57(36-91)86-73(106)62(41(4)93)89-66(53)99/h5-9,12-15,17-24,35,39-41,49,51-59,61-62,78-79,91-94H,10-11,16,25-34,36-38,75-76H2,1-4H3,(H,77,95)(H,80,104)(H,81,97)(H,82,105)(H,83,98)(H,84,101)(H,85,100)(H,86,106)(H,87,96)(H,88,103)(H,89,99)(H,90,102)(H,107,108)/t40-,41-,49+,51+,52+,53+,54+,55+,56-,57+,58+,59+,61-,62+/m1/s1. The van der Waals surface area contributed by atoms with Gasteiger partial charge in [-0.3, -0.25) is 57.5 Å². The minimum Gasteiger partial charge on any atom is -0.508 e. The van der Waals surface area contributed by atoms with Crippen LogP contribution >= 0.6 is 21.6 Å². The second kappa shape index (κ2) is 43.3. The number of nitrogens with one attached hydrogen (secondary N) is 14. The molecule has 2 aliphatic heterocycles. The van der Waals surface area contributed by atoms with Gasteiger partial charge in [-0.15, -0.1) is 0 Å². The first kappa shape index (κ1) is 87.0. The first-order valence-corrected chi connectivity index (χ1v) is 38.7. The Morgan fingerprint density at radius 2 is 1.05 bits per heavy atom. The lowest BCUT2D eigenvalue weighted by Gasteiger charge is -2.29. The second-order valence-corrected chi connectivity index (χ2v) is 29.9.